The Morgan fingerprint density at radius 1 is 1.43 bits per heavy atom. The van der Waals surface area contributed by atoms with Crippen LogP contribution in [0.1, 0.15) is 50.7 Å². The molecule has 2 N–H and O–H groups in total. The first-order valence-electron chi connectivity index (χ1n) is 8.20. The van der Waals surface area contributed by atoms with Crippen LogP contribution in [-0.4, -0.2) is 12.1 Å². The molecule has 1 saturated carbocycles. The molecule has 116 valence electrons. The zero-order chi connectivity index (χ0) is 15.0. The maximum Gasteiger partial charge on any atom is 0.125 e. The van der Waals surface area contributed by atoms with Crippen molar-refractivity contribution in [1.29, 1.82) is 0 Å². The largest absolute Gasteiger partial charge is 0.493 e. The fourth-order valence-corrected chi connectivity index (χ4v) is 4.29. The number of ether oxygens (including phenoxy) is 1. The molecule has 2 aliphatic rings. The van der Waals surface area contributed by atoms with Crippen molar-refractivity contribution in [3.63, 3.8) is 0 Å². The predicted molar refractivity (Wildman–Crippen MR) is 88.1 cm³/mol. The van der Waals surface area contributed by atoms with E-state index in [1.165, 1.54) is 24.0 Å². The molecule has 2 nitrogen and oxygen atoms in total. The molecule has 1 aliphatic heterocycles. The van der Waals surface area contributed by atoms with Gasteiger partial charge in [-0.3, -0.25) is 0 Å². The predicted octanol–water partition coefficient (Wildman–Crippen LogP) is 4.36. The summed E-state index contributed by atoms with van der Waals surface area (Å²) in [5, 5.41) is 0.814. The Labute approximate surface area is 133 Å². The third-order valence-electron chi connectivity index (χ3n) is 5.23. The van der Waals surface area contributed by atoms with Gasteiger partial charge in [0.05, 0.1) is 6.61 Å². The van der Waals surface area contributed by atoms with E-state index in [0.29, 0.717) is 0 Å². The van der Waals surface area contributed by atoms with E-state index in [9.17, 15) is 0 Å². The molecule has 3 rings (SSSR count). The van der Waals surface area contributed by atoms with Crippen molar-refractivity contribution >= 4 is 11.6 Å². The van der Waals surface area contributed by atoms with Gasteiger partial charge in [0, 0.05) is 17.0 Å². The maximum atomic E-state index is 6.76. The van der Waals surface area contributed by atoms with Gasteiger partial charge in [-0.05, 0) is 54.4 Å². The molecular formula is C18H26ClNO. The van der Waals surface area contributed by atoms with E-state index in [1.54, 1.807) is 0 Å². The monoisotopic (exact) mass is 307 g/mol. The lowest BCUT2D eigenvalue weighted by atomic mass is 9.70. The molecule has 0 saturated heterocycles. The normalized spacial score (nSPS) is 28.5. The average Bonchev–Trinajstić information content (AvgIpc) is 2.86. The third-order valence-corrected chi connectivity index (χ3v) is 5.45. The van der Waals surface area contributed by atoms with Crippen molar-refractivity contribution in [3.05, 3.63) is 28.3 Å². The summed E-state index contributed by atoms with van der Waals surface area (Å²) in [5.74, 6) is 2.52. The second-order valence-corrected chi connectivity index (χ2v) is 7.73. The van der Waals surface area contributed by atoms with Crippen LogP contribution >= 0.6 is 11.6 Å². The molecule has 2 atom stereocenters. The van der Waals surface area contributed by atoms with Gasteiger partial charge in [0.15, 0.2) is 0 Å². The molecule has 1 fully saturated rings. The molecule has 1 heterocycles. The quantitative estimate of drug-likeness (QED) is 0.900. The van der Waals surface area contributed by atoms with Crippen molar-refractivity contribution in [2.75, 3.05) is 6.61 Å². The Hall–Kier alpha value is -0.730. The highest BCUT2D eigenvalue weighted by Crippen LogP contribution is 2.40. The lowest BCUT2D eigenvalue weighted by molar-refractivity contribution is 0.181. The Bertz CT molecular complexity index is 528. The highest BCUT2D eigenvalue weighted by Gasteiger charge is 2.35. The highest BCUT2D eigenvalue weighted by atomic mass is 35.5. The van der Waals surface area contributed by atoms with Crippen molar-refractivity contribution in [2.24, 2.45) is 17.6 Å². The molecule has 21 heavy (non-hydrogen) atoms. The zero-order valence-electron chi connectivity index (χ0n) is 13.1. The van der Waals surface area contributed by atoms with Gasteiger partial charge in [-0.2, -0.15) is 0 Å². The molecule has 0 bridgehead atoms. The highest BCUT2D eigenvalue weighted by molar-refractivity contribution is 6.30. The smallest absolute Gasteiger partial charge is 0.125 e. The van der Waals surface area contributed by atoms with Crippen LogP contribution in [0.2, 0.25) is 5.02 Å². The van der Waals surface area contributed by atoms with Crippen molar-refractivity contribution < 1.29 is 4.74 Å². The van der Waals surface area contributed by atoms with Gasteiger partial charge in [0.1, 0.15) is 5.75 Å². The Balaban J connectivity index is 1.83. The molecular weight excluding hydrogens is 282 g/mol. The Kier molecular flexibility index (Phi) is 4.20. The Morgan fingerprint density at radius 3 is 3.00 bits per heavy atom. The first kappa shape index (κ1) is 15.2. The number of fused-ring (bicyclic) bond motifs is 1. The summed E-state index contributed by atoms with van der Waals surface area (Å²) in [6.07, 6.45) is 6.64. The number of rotatable bonds is 3. The van der Waals surface area contributed by atoms with Gasteiger partial charge in [-0.15, -0.1) is 0 Å². The third kappa shape index (κ3) is 3.22. The molecule has 0 aromatic heterocycles. The van der Waals surface area contributed by atoms with Gasteiger partial charge >= 0.3 is 0 Å². The lowest BCUT2D eigenvalue weighted by Crippen LogP contribution is -2.47. The summed E-state index contributed by atoms with van der Waals surface area (Å²) >= 11 is 6.27. The van der Waals surface area contributed by atoms with E-state index >= 15 is 0 Å². The summed E-state index contributed by atoms with van der Waals surface area (Å²) in [6.45, 7) is 5.40. The molecule has 0 amide bonds. The van der Waals surface area contributed by atoms with Crippen LogP contribution in [0.25, 0.3) is 0 Å². The molecule has 3 heteroatoms. The van der Waals surface area contributed by atoms with Crippen LogP contribution in [0.4, 0.5) is 0 Å². The van der Waals surface area contributed by atoms with Crippen LogP contribution in [-0.2, 0) is 12.8 Å². The molecule has 2 unspecified atom stereocenters. The molecule has 1 aliphatic carbocycles. The van der Waals surface area contributed by atoms with E-state index in [4.69, 9.17) is 22.1 Å². The second-order valence-electron chi connectivity index (χ2n) is 7.29. The summed E-state index contributed by atoms with van der Waals surface area (Å²) < 4.78 is 5.83. The lowest BCUT2D eigenvalue weighted by Gasteiger charge is -2.40. The maximum absolute atomic E-state index is 6.76. The van der Waals surface area contributed by atoms with Gasteiger partial charge in [-0.1, -0.05) is 38.3 Å². The van der Waals surface area contributed by atoms with Crippen molar-refractivity contribution in [1.82, 2.24) is 0 Å². The minimum absolute atomic E-state index is 0.0996. The first-order valence-corrected chi connectivity index (χ1v) is 8.58. The fraction of sp³-hybridized carbons (Fsp3) is 0.667. The standard InChI is InChI=1S/C18H26ClNO/c1-12(2)14-4-3-6-18(20,10-14)11-15-9-16(19)8-13-5-7-21-17(13)15/h8-9,12,14H,3-7,10-11,20H2,1-2H3. The van der Waals surface area contributed by atoms with Gasteiger partial charge in [-0.25, -0.2) is 0 Å². The van der Waals surface area contributed by atoms with Crippen molar-refractivity contribution in [2.45, 2.75) is 57.9 Å². The first-order chi connectivity index (χ1) is 9.97. The number of hydrogen-bond acceptors (Lipinski definition) is 2. The van der Waals surface area contributed by atoms with Gasteiger partial charge in [0.25, 0.3) is 0 Å². The van der Waals surface area contributed by atoms with E-state index in [2.05, 4.69) is 19.9 Å². The van der Waals surface area contributed by atoms with Crippen LogP contribution in [0, 0.1) is 11.8 Å². The molecule has 1 aromatic rings. The topological polar surface area (TPSA) is 35.2 Å². The van der Waals surface area contributed by atoms with E-state index < -0.39 is 0 Å². The number of nitrogens with two attached hydrogens (primary N) is 1. The summed E-state index contributed by atoms with van der Waals surface area (Å²) in [6, 6.07) is 4.09. The molecule has 0 radical (unpaired) electrons. The second kappa shape index (κ2) is 5.81. The zero-order valence-corrected chi connectivity index (χ0v) is 13.9. The summed E-state index contributed by atoms with van der Waals surface area (Å²) in [4.78, 5) is 0. The number of benzene rings is 1. The summed E-state index contributed by atoms with van der Waals surface area (Å²) in [5.41, 5.74) is 9.12. The molecule has 0 spiro atoms. The van der Waals surface area contributed by atoms with Gasteiger partial charge in [0.2, 0.25) is 0 Å². The van der Waals surface area contributed by atoms with E-state index in [1.807, 2.05) is 6.07 Å². The average molecular weight is 308 g/mol. The fourth-order valence-electron chi connectivity index (χ4n) is 4.03. The number of hydrogen-bond donors (Lipinski definition) is 1. The van der Waals surface area contributed by atoms with E-state index in [0.717, 1.165) is 54.9 Å². The molecule has 1 aromatic carbocycles. The van der Waals surface area contributed by atoms with Crippen LogP contribution in [0.15, 0.2) is 12.1 Å². The minimum Gasteiger partial charge on any atom is -0.493 e. The van der Waals surface area contributed by atoms with E-state index in [-0.39, 0.29) is 5.54 Å². The van der Waals surface area contributed by atoms with Crippen molar-refractivity contribution in [3.8, 4) is 5.75 Å². The number of halogens is 1. The Morgan fingerprint density at radius 2 is 2.24 bits per heavy atom. The summed E-state index contributed by atoms with van der Waals surface area (Å²) in [7, 11) is 0. The SMILES string of the molecule is CC(C)C1CCCC(N)(Cc2cc(Cl)cc3c2OCC3)C1. The van der Waals surface area contributed by atoms with Crippen LogP contribution in [0.3, 0.4) is 0 Å². The minimum atomic E-state index is -0.0996. The van der Waals surface area contributed by atoms with Crippen LogP contribution < -0.4 is 10.5 Å². The van der Waals surface area contributed by atoms with Gasteiger partial charge < -0.3 is 10.5 Å². The van der Waals surface area contributed by atoms with Crippen LogP contribution in [0.5, 0.6) is 5.75 Å².